The highest BCUT2D eigenvalue weighted by atomic mass is 35.5. The highest BCUT2D eigenvalue weighted by Gasteiger charge is 2.35. The molecule has 0 saturated carbocycles. The van der Waals surface area contributed by atoms with Crippen molar-refractivity contribution in [3.63, 3.8) is 0 Å². The molecule has 2 atom stereocenters. The molecule has 1 aromatic rings. The molecule has 3 heterocycles. The van der Waals surface area contributed by atoms with Crippen LogP contribution in [0.15, 0.2) is 6.33 Å². The number of hydrogen-bond acceptors (Lipinski definition) is 5. The molecular weight excluding hydrogens is 354 g/mol. The van der Waals surface area contributed by atoms with Crippen LogP contribution in [-0.2, 0) is 22.6 Å². The molecule has 7 nitrogen and oxygen atoms in total. The van der Waals surface area contributed by atoms with Gasteiger partial charge in [0.1, 0.15) is 12.2 Å². The van der Waals surface area contributed by atoms with Gasteiger partial charge in [0.15, 0.2) is 0 Å². The molecule has 0 aliphatic carbocycles. The maximum atomic E-state index is 12.6. The van der Waals surface area contributed by atoms with Gasteiger partial charge in [-0.1, -0.05) is 13.3 Å². The van der Waals surface area contributed by atoms with E-state index in [-0.39, 0.29) is 30.3 Å². The molecule has 1 aromatic heterocycles. The first-order valence-corrected chi connectivity index (χ1v) is 9.68. The van der Waals surface area contributed by atoms with Crippen molar-refractivity contribution in [2.45, 2.75) is 58.7 Å². The van der Waals surface area contributed by atoms with Crippen molar-refractivity contribution in [3.8, 4) is 0 Å². The van der Waals surface area contributed by atoms with E-state index in [2.05, 4.69) is 34.1 Å². The maximum absolute atomic E-state index is 12.6. The largest absolute Gasteiger partial charge is 0.381 e. The monoisotopic (exact) mass is 385 g/mol. The third-order valence-corrected chi connectivity index (χ3v) is 5.46. The standard InChI is InChI=1S/C18H31N5O2.ClH/c1-3-5-15-10-22(12-17-19-13-20-23(17)4-2)11-16(15)21-18(24)14-6-8-25-9-7-14;/h13-16H,3-12H2,1-2H3,(H,21,24);1H/t15-,16-;/m0./s1. The van der Waals surface area contributed by atoms with Crippen molar-refractivity contribution >= 4 is 18.3 Å². The van der Waals surface area contributed by atoms with Gasteiger partial charge >= 0.3 is 0 Å². The molecule has 0 spiro atoms. The van der Waals surface area contributed by atoms with Crippen LogP contribution in [0, 0.1) is 11.8 Å². The average molecular weight is 386 g/mol. The highest BCUT2D eigenvalue weighted by molar-refractivity contribution is 5.85. The number of nitrogens with zero attached hydrogens (tertiary/aromatic N) is 4. The molecular formula is C18H32ClN5O2. The van der Waals surface area contributed by atoms with Crippen LogP contribution in [-0.4, -0.2) is 57.9 Å². The van der Waals surface area contributed by atoms with Gasteiger partial charge in [-0.3, -0.25) is 9.69 Å². The van der Waals surface area contributed by atoms with Crippen molar-refractivity contribution in [2.24, 2.45) is 11.8 Å². The fourth-order valence-electron chi connectivity index (χ4n) is 4.05. The Morgan fingerprint density at radius 1 is 1.31 bits per heavy atom. The SMILES string of the molecule is CCC[C@H]1CN(Cc2ncnn2CC)C[C@@H]1NC(=O)C1CCOCC1.Cl. The van der Waals surface area contributed by atoms with E-state index in [0.717, 1.165) is 57.7 Å². The van der Waals surface area contributed by atoms with Gasteiger partial charge in [-0.15, -0.1) is 12.4 Å². The highest BCUT2D eigenvalue weighted by Crippen LogP contribution is 2.24. The number of aryl methyl sites for hydroxylation is 1. The van der Waals surface area contributed by atoms with Gasteiger partial charge in [0.2, 0.25) is 5.91 Å². The van der Waals surface area contributed by atoms with Crippen LogP contribution in [0.4, 0.5) is 0 Å². The number of halogens is 1. The zero-order valence-electron chi connectivity index (χ0n) is 15.9. The molecule has 3 rings (SSSR count). The van der Waals surface area contributed by atoms with Crippen LogP contribution in [0.3, 0.4) is 0 Å². The van der Waals surface area contributed by atoms with Gasteiger partial charge < -0.3 is 10.1 Å². The van der Waals surface area contributed by atoms with Gasteiger partial charge in [-0.2, -0.15) is 5.10 Å². The summed E-state index contributed by atoms with van der Waals surface area (Å²) in [5, 5.41) is 7.60. The molecule has 2 fully saturated rings. The Morgan fingerprint density at radius 3 is 2.77 bits per heavy atom. The van der Waals surface area contributed by atoms with E-state index in [9.17, 15) is 4.79 Å². The van der Waals surface area contributed by atoms with E-state index in [1.165, 1.54) is 0 Å². The maximum Gasteiger partial charge on any atom is 0.223 e. The molecule has 0 radical (unpaired) electrons. The zero-order valence-corrected chi connectivity index (χ0v) is 16.7. The van der Waals surface area contributed by atoms with Crippen LogP contribution in [0.1, 0.15) is 45.4 Å². The van der Waals surface area contributed by atoms with E-state index in [4.69, 9.17) is 4.74 Å². The first-order valence-electron chi connectivity index (χ1n) is 9.68. The Bertz CT molecular complexity index is 562. The minimum Gasteiger partial charge on any atom is -0.381 e. The van der Waals surface area contributed by atoms with Gasteiger partial charge in [0, 0.05) is 44.8 Å². The van der Waals surface area contributed by atoms with Gasteiger partial charge in [-0.05, 0) is 32.1 Å². The lowest BCUT2D eigenvalue weighted by Crippen LogP contribution is -2.44. The second-order valence-corrected chi connectivity index (χ2v) is 7.24. The van der Waals surface area contributed by atoms with Crippen molar-refractivity contribution in [2.75, 3.05) is 26.3 Å². The summed E-state index contributed by atoms with van der Waals surface area (Å²) in [6, 6.07) is 0.244. The lowest BCUT2D eigenvalue weighted by molar-refractivity contribution is -0.128. The minimum atomic E-state index is 0. The van der Waals surface area contributed by atoms with Crippen LogP contribution in [0.25, 0.3) is 0 Å². The Kier molecular flexibility index (Phi) is 8.31. The number of rotatable bonds is 7. The zero-order chi connectivity index (χ0) is 17.6. The third-order valence-electron chi connectivity index (χ3n) is 5.46. The normalized spacial score (nSPS) is 24.4. The molecule has 0 aromatic carbocycles. The third kappa shape index (κ3) is 5.18. The molecule has 1 amide bonds. The fourth-order valence-corrected chi connectivity index (χ4v) is 4.05. The van der Waals surface area contributed by atoms with E-state index in [1.54, 1.807) is 6.33 Å². The van der Waals surface area contributed by atoms with E-state index in [1.807, 2.05) is 4.68 Å². The number of carbonyl (C=O) groups is 1. The quantitative estimate of drug-likeness (QED) is 0.775. The summed E-state index contributed by atoms with van der Waals surface area (Å²) < 4.78 is 7.32. The van der Waals surface area contributed by atoms with Crippen molar-refractivity contribution in [1.82, 2.24) is 25.0 Å². The summed E-state index contributed by atoms with van der Waals surface area (Å²) in [5.41, 5.74) is 0. The Hall–Kier alpha value is -1.18. The topological polar surface area (TPSA) is 72.3 Å². The summed E-state index contributed by atoms with van der Waals surface area (Å²) in [5.74, 6) is 1.86. The molecule has 0 unspecified atom stereocenters. The smallest absolute Gasteiger partial charge is 0.223 e. The summed E-state index contributed by atoms with van der Waals surface area (Å²) in [4.78, 5) is 19.4. The number of likely N-dealkylation sites (tertiary alicyclic amines) is 1. The molecule has 0 bridgehead atoms. The van der Waals surface area contributed by atoms with Gasteiger partial charge in [0.25, 0.3) is 0 Å². The second-order valence-electron chi connectivity index (χ2n) is 7.24. The van der Waals surface area contributed by atoms with Crippen LogP contribution >= 0.6 is 12.4 Å². The van der Waals surface area contributed by atoms with Crippen LogP contribution in [0.2, 0.25) is 0 Å². The van der Waals surface area contributed by atoms with E-state index >= 15 is 0 Å². The van der Waals surface area contributed by atoms with Crippen LogP contribution < -0.4 is 5.32 Å². The lowest BCUT2D eigenvalue weighted by atomic mass is 9.95. The number of carbonyl (C=O) groups excluding carboxylic acids is 1. The molecule has 148 valence electrons. The van der Waals surface area contributed by atoms with Gasteiger partial charge in [0.05, 0.1) is 6.54 Å². The predicted molar refractivity (Wildman–Crippen MR) is 102 cm³/mol. The van der Waals surface area contributed by atoms with Crippen molar-refractivity contribution < 1.29 is 9.53 Å². The number of aromatic nitrogens is 3. The number of ether oxygens (including phenoxy) is 1. The lowest BCUT2D eigenvalue weighted by Gasteiger charge is -2.25. The van der Waals surface area contributed by atoms with Crippen molar-refractivity contribution in [1.29, 1.82) is 0 Å². The molecule has 2 aliphatic rings. The fraction of sp³-hybridized carbons (Fsp3) is 0.833. The molecule has 2 saturated heterocycles. The summed E-state index contributed by atoms with van der Waals surface area (Å²) in [6.07, 6.45) is 5.62. The summed E-state index contributed by atoms with van der Waals surface area (Å²) >= 11 is 0. The predicted octanol–water partition coefficient (Wildman–Crippen LogP) is 1.86. The number of nitrogens with one attached hydrogen (secondary N) is 1. The summed E-state index contributed by atoms with van der Waals surface area (Å²) in [7, 11) is 0. The molecule has 26 heavy (non-hydrogen) atoms. The first-order chi connectivity index (χ1) is 12.2. The Balaban J connectivity index is 0.00000243. The number of hydrogen-bond donors (Lipinski definition) is 1. The summed E-state index contributed by atoms with van der Waals surface area (Å²) in [6.45, 7) is 9.27. The van der Waals surface area contributed by atoms with E-state index < -0.39 is 0 Å². The van der Waals surface area contributed by atoms with E-state index in [0.29, 0.717) is 19.1 Å². The molecule has 8 heteroatoms. The van der Waals surface area contributed by atoms with Gasteiger partial charge in [-0.25, -0.2) is 9.67 Å². The Morgan fingerprint density at radius 2 is 2.08 bits per heavy atom. The number of amides is 1. The Labute approximate surface area is 162 Å². The van der Waals surface area contributed by atoms with Crippen molar-refractivity contribution in [3.05, 3.63) is 12.2 Å². The van der Waals surface area contributed by atoms with Crippen LogP contribution in [0.5, 0.6) is 0 Å². The average Bonchev–Trinajstić information content (AvgIpc) is 3.23. The molecule has 1 N–H and O–H groups in total. The molecule has 2 aliphatic heterocycles. The first kappa shape index (κ1) is 21.1. The minimum absolute atomic E-state index is 0. The second kappa shape index (κ2) is 10.2.